The van der Waals surface area contributed by atoms with E-state index in [-0.39, 0.29) is 0 Å². The Kier molecular flexibility index (Phi) is 4.39. The number of hydrogen-bond donors (Lipinski definition) is 1. The molecule has 0 bridgehead atoms. The highest BCUT2D eigenvalue weighted by Crippen LogP contribution is 2.24. The fourth-order valence-corrected chi connectivity index (χ4v) is 3.17. The van der Waals surface area contributed by atoms with Gasteiger partial charge in [-0.3, -0.25) is 5.43 Å². The third-order valence-corrected chi connectivity index (χ3v) is 4.47. The molecule has 2 heterocycles. The predicted octanol–water partition coefficient (Wildman–Crippen LogP) is 5.05. The van der Waals surface area contributed by atoms with E-state index in [1.807, 2.05) is 60.2 Å². The van der Waals surface area contributed by atoms with E-state index in [0.717, 1.165) is 27.6 Å². The quantitative estimate of drug-likeness (QED) is 0.407. The highest BCUT2D eigenvalue weighted by atomic mass is 32.1. The van der Waals surface area contributed by atoms with Gasteiger partial charge in [0.25, 0.3) is 0 Å². The number of rotatable bonds is 5. The molecule has 0 saturated heterocycles. The lowest BCUT2D eigenvalue weighted by atomic mass is 10.2. The van der Waals surface area contributed by atoms with E-state index in [4.69, 9.17) is 0 Å². The fourth-order valence-electron chi connectivity index (χ4n) is 2.50. The summed E-state index contributed by atoms with van der Waals surface area (Å²) in [6, 6.07) is 22.3. The van der Waals surface area contributed by atoms with Crippen LogP contribution in [0.4, 0.5) is 5.13 Å². The molecule has 0 radical (unpaired) electrons. The summed E-state index contributed by atoms with van der Waals surface area (Å²) in [6.45, 7) is 0. The Hall–Kier alpha value is -3.18. The van der Waals surface area contributed by atoms with Crippen LogP contribution in [0.3, 0.4) is 0 Å². The molecule has 25 heavy (non-hydrogen) atoms. The molecule has 122 valence electrons. The number of anilines is 1. The fraction of sp³-hybridized carbons (Fsp3) is 0. The number of nitrogens with zero attached hydrogens (tertiary/aromatic N) is 3. The van der Waals surface area contributed by atoms with Gasteiger partial charge in [-0.25, -0.2) is 4.98 Å². The van der Waals surface area contributed by atoms with Crippen LogP contribution in [0.5, 0.6) is 0 Å². The first-order valence-corrected chi connectivity index (χ1v) is 8.80. The Bertz CT molecular complexity index is 972. The van der Waals surface area contributed by atoms with Crippen LogP contribution in [0.15, 0.2) is 89.6 Å². The number of hydrazone groups is 1. The molecule has 0 unspecified atom stereocenters. The minimum Gasteiger partial charge on any atom is -0.324 e. The van der Waals surface area contributed by atoms with Crippen molar-refractivity contribution in [2.75, 3.05) is 5.43 Å². The maximum atomic E-state index is 4.56. The molecule has 0 spiro atoms. The lowest BCUT2D eigenvalue weighted by Crippen LogP contribution is -1.93. The first-order chi connectivity index (χ1) is 12.4. The van der Waals surface area contributed by atoms with Gasteiger partial charge in [0.1, 0.15) is 0 Å². The van der Waals surface area contributed by atoms with E-state index < -0.39 is 0 Å². The molecule has 2 aromatic carbocycles. The number of nitrogens with one attached hydrogen (secondary N) is 1. The molecule has 2 aromatic heterocycles. The van der Waals surface area contributed by atoms with Crippen LogP contribution in [-0.2, 0) is 0 Å². The molecule has 0 saturated carbocycles. The summed E-state index contributed by atoms with van der Waals surface area (Å²) in [5.41, 5.74) is 7.20. The second-order valence-electron chi connectivity index (χ2n) is 5.46. The SMILES string of the molecule is C(=NNc1nc(-c2ccccc2)cs1)c1cccc(-n2cccc2)c1. The van der Waals surface area contributed by atoms with Gasteiger partial charge in [-0.05, 0) is 29.8 Å². The average molecular weight is 344 g/mol. The van der Waals surface area contributed by atoms with Crippen molar-refractivity contribution in [2.45, 2.75) is 0 Å². The summed E-state index contributed by atoms with van der Waals surface area (Å²) in [6.07, 6.45) is 5.85. The lowest BCUT2D eigenvalue weighted by molar-refractivity contribution is 1.08. The summed E-state index contributed by atoms with van der Waals surface area (Å²) in [4.78, 5) is 4.56. The van der Waals surface area contributed by atoms with Crippen LogP contribution in [-0.4, -0.2) is 15.8 Å². The summed E-state index contributed by atoms with van der Waals surface area (Å²) < 4.78 is 2.07. The Labute approximate surface area is 150 Å². The Morgan fingerprint density at radius 1 is 0.960 bits per heavy atom. The van der Waals surface area contributed by atoms with Crippen LogP contribution in [0.2, 0.25) is 0 Å². The van der Waals surface area contributed by atoms with Gasteiger partial charge >= 0.3 is 0 Å². The maximum Gasteiger partial charge on any atom is 0.203 e. The van der Waals surface area contributed by atoms with Crippen molar-refractivity contribution in [3.63, 3.8) is 0 Å². The van der Waals surface area contributed by atoms with E-state index in [0.29, 0.717) is 0 Å². The smallest absolute Gasteiger partial charge is 0.203 e. The second kappa shape index (κ2) is 7.15. The van der Waals surface area contributed by atoms with Crippen molar-refractivity contribution < 1.29 is 0 Å². The molecule has 4 aromatic rings. The molecular weight excluding hydrogens is 328 g/mol. The molecule has 0 aliphatic carbocycles. The van der Waals surface area contributed by atoms with Gasteiger partial charge < -0.3 is 4.57 Å². The summed E-state index contributed by atoms with van der Waals surface area (Å²) in [5.74, 6) is 0. The molecule has 0 aliphatic rings. The maximum absolute atomic E-state index is 4.56. The third-order valence-electron chi connectivity index (χ3n) is 3.72. The molecule has 0 atom stereocenters. The lowest BCUT2D eigenvalue weighted by Gasteiger charge is -2.03. The molecule has 0 aliphatic heterocycles. The first kappa shape index (κ1) is 15.4. The number of benzene rings is 2. The van der Waals surface area contributed by atoms with E-state index >= 15 is 0 Å². The Morgan fingerprint density at radius 2 is 1.80 bits per heavy atom. The number of thiazole rings is 1. The zero-order chi connectivity index (χ0) is 16.9. The van der Waals surface area contributed by atoms with Crippen molar-refractivity contribution in [1.82, 2.24) is 9.55 Å². The van der Waals surface area contributed by atoms with Crippen LogP contribution in [0.25, 0.3) is 16.9 Å². The second-order valence-corrected chi connectivity index (χ2v) is 6.32. The number of aromatic nitrogens is 2. The van der Waals surface area contributed by atoms with E-state index in [2.05, 4.69) is 44.3 Å². The van der Waals surface area contributed by atoms with Gasteiger partial charge in [-0.2, -0.15) is 5.10 Å². The summed E-state index contributed by atoms with van der Waals surface area (Å²) in [7, 11) is 0. The van der Waals surface area contributed by atoms with Gasteiger partial charge in [-0.1, -0.05) is 42.5 Å². The summed E-state index contributed by atoms with van der Waals surface area (Å²) in [5, 5.41) is 7.11. The minimum absolute atomic E-state index is 0.775. The van der Waals surface area contributed by atoms with E-state index in [1.165, 1.54) is 0 Å². The van der Waals surface area contributed by atoms with Crippen LogP contribution >= 0.6 is 11.3 Å². The van der Waals surface area contributed by atoms with Gasteiger partial charge in [0.05, 0.1) is 11.9 Å². The minimum atomic E-state index is 0.775. The highest BCUT2D eigenvalue weighted by molar-refractivity contribution is 7.14. The summed E-state index contributed by atoms with van der Waals surface area (Å²) >= 11 is 1.54. The average Bonchev–Trinajstić information content (AvgIpc) is 3.35. The van der Waals surface area contributed by atoms with Crippen LogP contribution in [0.1, 0.15) is 5.56 Å². The van der Waals surface area contributed by atoms with E-state index in [1.54, 1.807) is 17.6 Å². The largest absolute Gasteiger partial charge is 0.324 e. The first-order valence-electron chi connectivity index (χ1n) is 7.92. The molecule has 4 nitrogen and oxygen atoms in total. The normalized spacial score (nSPS) is 11.0. The molecule has 1 N–H and O–H groups in total. The van der Waals surface area contributed by atoms with Gasteiger partial charge in [0.2, 0.25) is 5.13 Å². The number of hydrogen-bond acceptors (Lipinski definition) is 4. The van der Waals surface area contributed by atoms with Gasteiger partial charge in [0, 0.05) is 29.0 Å². The van der Waals surface area contributed by atoms with Gasteiger partial charge in [-0.15, -0.1) is 11.3 Å². The monoisotopic (exact) mass is 344 g/mol. The third kappa shape index (κ3) is 3.67. The predicted molar refractivity (Wildman–Crippen MR) is 105 cm³/mol. The van der Waals surface area contributed by atoms with Crippen molar-refractivity contribution >= 4 is 22.7 Å². The Balaban J connectivity index is 1.45. The van der Waals surface area contributed by atoms with Crippen LogP contribution < -0.4 is 5.43 Å². The van der Waals surface area contributed by atoms with Crippen molar-refractivity contribution in [2.24, 2.45) is 5.10 Å². The zero-order valence-electron chi connectivity index (χ0n) is 13.4. The molecular formula is C20H16N4S. The van der Waals surface area contributed by atoms with Gasteiger partial charge in [0.15, 0.2) is 0 Å². The van der Waals surface area contributed by atoms with E-state index in [9.17, 15) is 0 Å². The standard InChI is InChI=1S/C20H16N4S/c1-2-8-17(9-3-1)19-15-25-20(22-19)23-21-14-16-7-6-10-18(13-16)24-11-4-5-12-24/h1-15H,(H,22,23). The zero-order valence-corrected chi connectivity index (χ0v) is 14.2. The molecule has 0 fully saturated rings. The topological polar surface area (TPSA) is 42.2 Å². The van der Waals surface area contributed by atoms with Crippen molar-refractivity contribution in [1.29, 1.82) is 0 Å². The molecule has 4 rings (SSSR count). The van der Waals surface area contributed by atoms with Crippen molar-refractivity contribution in [3.05, 3.63) is 90.1 Å². The highest BCUT2D eigenvalue weighted by Gasteiger charge is 2.02. The molecule has 0 amide bonds. The van der Waals surface area contributed by atoms with Crippen LogP contribution in [0, 0.1) is 0 Å². The van der Waals surface area contributed by atoms with Crippen molar-refractivity contribution in [3.8, 4) is 16.9 Å². The Morgan fingerprint density at radius 3 is 2.64 bits per heavy atom. The molecule has 5 heteroatoms.